The van der Waals surface area contributed by atoms with Crippen molar-refractivity contribution < 1.29 is 9.90 Å². The summed E-state index contributed by atoms with van der Waals surface area (Å²) in [6, 6.07) is 10.9. The number of carboxylic acid groups (broad SMARTS) is 1. The topological polar surface area (TPSA) is 48.7 Å². The Morgan fingerprint density at radius 2 is 1.88 bits per heavy atom. The number of aromatic nitrogens is 1. The first-order valence-corrected chi connectivity index (χ1v) is 13.8. The Morgan fingerprint density at radius 3 is 2.62 bits per heavy atom. The fourth-order valence-electron chi connectivity index (χ4n) is 6.01. The number of nitrogens with zero attached hydrogens (tertiary/aromatic N) is 3. The molecule has 0 amide bonds. The lowest BCUT2D eigenvalue weighted by atomic mass is 9.82. The second-order valence-electron chi connectivity index (χ2n) is 9.84. The molecule has 1 saturated carbocycles. The molecule has 3 aromatic rings. The summed E-state index contributed by atoms with van der Waals surface area (Å²) < 4.78 is 3.68. The van der Waals surface area contributed by atoms with Gasteiger partial charge in [-0.1, -0.05) is 57.4 Å². The molecule has 1 aliphatic heterocycles. The van der Waals surface area contributed by atoms with E-state index in [-0.39, 0.29) is 0 Å². The predicted octanol–water partition coefficient (Wildman–Crippen LogP) is 6.27. The van der Waals surface area contributed by atoms with Gasteiger partial charge in [-0.2, -0.15) is 0 Å². The smallest absolute Gasteiger partial charge is 0.345 e. The van der Waals surface area contributed by atoms with Gasteiger partial charge in [0.25, 0.3) is 0 Å². The van der Waals surface area contributed by atoms with E-state index in [1.807, 2.05) is 6.07 Å². The van der Waals surface area contributed by atoms with Gasteiger partial charge < -0.3 is 14.6 Å². The summed E-state index contributed by atoms with van der Waals surface area (Å²) in [5.41, 5.74) is 6.65. The molecule has 34 heavy (non-hydrogen) atoms. The highest BCUT2D eigenvalue weighted by molar-refractivity contribution is 7.21. The number of hydrogen-bond acceptors (Lipinski definition) is 4. The van der Waals surface area contributed by atoms with Gasteiger partial charge in [0.2, 0.25) is 0 Å². The highest BCUT2D eigenvalue weighted by Gasteiger charge is 2.31. The first-order chi connectivity index (χ1) is 16.6. The minimum atomic E-state index is -0.808. The van der Waals surface area contributed by atoms with Crippen molar-refractivity contribution in [3.63, 3.8) is 0 Å². The van der Waals surface area contributed by atoms with Crippen LogP contribution in [0.25, 0.3) is 21.5 Å². The van der Waals surface area contributed by atoms with Crippen molar-refractivity contribution in [1.82, 2.24) is 14.4 Å². The fraction of sp³-hybridized carbons (Fsp3) is 0.536. The van der Waals surface area contributed by atoms with Gasteiger partial charge in [-0.3, -0.25) is 4.90 Å². The molecular formula is C28H37N3O2S. The zero-order valence-corrected chi connectivity index (χ0v) is 21.4. The molecule has 1 fully saturated rings. The Morgan fingerprint density at radius 1 is 1.12 bits per heavy atom. The number of rotatable bonds is 7. The third kappa shape index (κ3) is 4.43. The third-order valence-corrected chi connectivity index (χ3v) is 9.08. The van der Waals surface area contributed by atoms with Crippen molar-refractivity contribution in [2.24, 2.45) is 0 Å². The molecule has 1 aromatic carbocycles. The van der Waals surface area contributed by atoms with E-state index in [2.05, 4.69) is 52.5 Å². The molecule has 2 aromatic heterocycles. The number of carbonyl (C=O) groups is 1. The van der Waals surface area contributed by atoms with Crippen LogP contribution in [0.3, 0.4) is 0 Å². The van der Waals surface area contributed by atoms with E-state index in [0.29, 0.717) is 10.8 Å². The van der Waals surface area contributed by atoms with E-state index in [0.717, 1.165) is 51.3 Å². The highest BCUT2D eigenvalue weighted by atomic mass is 32.1. The lowest BCUT2D eigenvalue weighted by Gasteiger charge is -2.31. The van der Waals surface area contributed by atoms with E-state index in [1.165, 1.54) is 70.5 Å². The number of aromatic carboxylic acids is 1. The average molecular weight is 480 g/mol. The molecule has 1 aliphatic carbocycles. The molecule has 0 radical (unpaired) electrons. The van der Waals surface area contributed by atoms with Crippen LogP contribution in [0.2, 0.25) is 0 Å². The second-order valence-corrected chi connectivity index (χ2v) is 10.9. The van der Waals surface area contributed by atoms with Gasteiger partial charge in [0.15, 0.2) is 0 Å². The Kier molecular flexibility index (Phi) is 7.09. The Labute approximate surface area is 207 Å². The minimum absolute atomic E-state index is 0.464. The monoisotopic (exact) mass is 479 g/mol. The molecule has 0 bridgehead atoms. The fourth-order valence-corrected chi connectivity index (χ4v) is 7.14. The van der Waals surface area contributed by atoms with Crippen LogP contribution in [0.1, 0.15) is 72.7 Å². The van der Waals surface area contributed by atoms with E-state index in [1.54, 1.807) is 0 Å². The molecule has 5 rings (SSSR count). The molecule has 0 unspecified atom stereocenters. The Hall–Kier alpha value is -2.15. The zero-order chi connectivity index (χ0) is 23.7. The van der Waals surface area contributed by atoms with E-state index >= 15 is 0 Å². The van der Waals surface area contributed by atoms with Crippen molar-refractivity contribution in [2.75, 3.05) is 32.7 Å². The van der Waals surface area contributed by atoms with Crippen LogP contribution in [0, 0.1) is 0 Å². The van der Waals surface area contributed by atoms with E-state index in [9.17, 15) is 9.90 Å². The van der Waals surface area contributed by atoms with Crippen LogP contribution in [0.15, 0.2) is 30.3 Å². The first kappa shape index (κ1) is 23.6. The predicted molar refractivity (Wildman–Crippen MR) is 141 cm³/mol. The normalized spacial score (nSPS) is 17.5. The van der Waals surface area contributed by atoms with Gasteiger partial charge in [-0.15, -0.1) is 11.3 Å². The van der Waals surface area contributed by atoms with E-state index in [4.69, 9.17) is 0 Å². The number of benzene rings is 1. The summed E-state index contributed by atoms with van der Waals surface area (Å²) in [6.45, 7) is 11.6. The molecule has 0 spiro atoms. The lowest BCUT2D eigenvalue weighted by molar-refractivity contribution is 0.0702. The van der Waals surface area contributed by atoms with Gasteiger partial charge >= 0.3 is 5.97 Å². The Bertz CT molecular complexity index is 1150. The van der Waals surface area contributed by atoms with Gasteiger partial charge in [0.05, 0.1) is 15.9 Å². The maximum Gasteiger partial charge on any atom is 0.345 e. The van der Waals surface area contributed by atoms with Crippen LogP contribution in [-0.4, -0.2) is 58.2 Å². The molecule has 1 N–H and O–H groups in total. The van der Waals surface area contributed by atoms with Crippen LogP contribution in [-0.2, 0) is 13.1 Å². The van der Waals surface area contributed by atoms with E-state index < -0.39 is 5.97 Å². The number of carboxylic acids is 1. The van der Waals surface area contributed by atoms with Crippen molar-refractivity contribution >= 4 is 27.5 Å². The Balaban J connectivity index is 1.62. The summed E-state index contributed by atoms with van der Waals surface area (Å²) in [4.78, 5) is 17.4. The van der Waals surface area contributed by atoms with Gasteiger partial charge in [-0.25, -0.2) is 4.79 Å². The largest absolute Gasteiger partial charge is 0.477 e. The quantitative estimate of drug-likeness (QED) is 0.434. The molecule has 6 heteroatoms. The lowest BCUT2D eigenvalue weighted by Crippen LogP contribution is -2.37. The zero-order valence-electron chi connectivity index (χ0n) is 20.6. The molecule has 0 atom stereocenters. The van der Waals surface area contributed by atoms with Gasteiger partial charge in [0, 0.05) is 38.3 Å². The molecule has 5 nitrogen and oxygen atoms in total. The summed E-state index contributed by atoms with van der Waals surface area (Å²) in [7, 11) is 0. The maximum absolute atomic E-state index is 11.9. The summed E-state index contributed by atoms with van der Waals surface area (Å²) >= 11 is 1.49. The number of hydrogen-bond donors (Lipinski definition) is 1. The molecule has 2 aliphatic rings. The standard InChI is InChI=1S/C28H37N3O2S/c1-3-29(4-2)14-15-30-16-17-31-23-18-24(28(32)33)34-27(23)25(20-10-6-5-7-11-20)26(31)22-13-9-8-12-21(22)19-30/h8-9,12-13,18,20H,3-7,10-11,14-17,19H2,1-2H3,(H,32,33). The van der Waals surface area contributed by atoms with Crippen molar-refractivity contribution in [3.05, 3.63) is 46.3 Å². The second kappa shape index (κ2) is 10.2. The third-order valence-electron chi connectivity index (χ3n) is 7.93. The van der Waals surface area contributed by atoms with Crippen molar-refractivity contribution in [2.45, 2.75) is 65.0 Å². The SMILES string of the molecule is CCN(CC)CCN1CCn2c(c(C3CCCCC3)c3sc(C(=O)O)cc32)-c2ccccc2C1. The molecular weight excluding hydrogens is 442 g/mol. The summed E-state index contributed by atoms with van der Waals surface area (Å²) in [5.74, 6) is -0.281. The van der Waals surface area contributed by atoms with Gasteiger partial charge in [-0.05, 0) is 49.0 Å². The molecule has 3 heterocycles. The minimum Gasteiger partial charge on any atom is -0.477 e. The van der Waals surface area contributed by atoms with Crippen molar-refractivity contribution in [1.29, 1.82) is 0 Å². The van der Waals surface area contributed by atoms with Crippen LogP contribution >= 0.6 is 11.3 Å². The number of likely N-dealkylation sites (N-methyl/N-ethyl adjacent to an activating group) is 1. The first-order valence-electron chi connectivity index (χ1n) is 13.0. The number of thiophene rings is 1. The van der Waals surface area contributed by atoms with Crippen molar-refractivity contribution in [3.8, 4) is 11.3 Å². The summed E-state index contributed by atoms with van der Waals surface area (Å²) in [5, 5.41) is 9.77. The molecule has 0 saturated heterocycles. The summed E-state index contributed by atoms with van der Waals surface area (Å²) in [6.07, 6.45) is 6.29. The average Bonchev–Trinajstić information content (AvgIpc) is 3.40. The van der Waals surface area contributed by atoms with Crippen LogP contribution in [0.5, 0.6) is 0 Å². The van der Waals surface area contributed by atoms with Crippen LogP contribution in [0.4, 0.5) is 0 Å². The highest BCUT2D eigenvalue weighted by Crippen LogP contribution is 2.47. The number of fused-ring (bicyclic) bond motifs is 5. The molecule has 182 valence electrons. The maximum atomic E-state index is 11.9. The van der Waals surface area contributed by atoms with Crippen LogP contribution < -0.4 is 0 Å². The van der Waals surface area contributed by atoms with Gasteiger partial charge in [0.1, 0.15) is 4.88 Å².